The van der Waals surface area contributed by atoms with Crippen molar-refractivity contribution in [3.05, 3.63) is 0 Å². The number of carboxylic acids is 1. The van der Waals surface area contributed by atoms with Gasteiger partial charge in [0.2, 0.25) is 0 Å². The summed E-state index contributed by atoms with van der Waals surface area (Å²) >= 11 is 0. The van der Waals surface area contributed by atoms with E-state index >= 15 is 0 Å². The number of hydrogen-bond donors (Lipinski definition) is 2. The van der Waals surface area contributed by atoms with Crippen LogP contribution in [0.2, 0.25) is 0 Å². The molecule has 0 aromatic carbocycles. The Morgan fingerprint density at radius 2 is 2.27 bits per heavy atom. The van der Waals surface area contributed by atoms with E-state index in [2.05, 4.69) is 5.32 Å². The fourth-order valence-electron chi connectivity index (χ4n) is 1.43. The molecule has 0 radical (unpaired) electrons. The maximum Gasteiger partial charge on any atom is 0.320 e. The van der Waals surface area contributed by atoms with Crippen molar-refractivity contribution in [3.8, 4) is 0 Å². The molecular formula is C10H17NO4. The van der Waals surface area contributed by atoms with E-state index in [1.54, 1.807) is 6.92 Å². The van der Waals surface area contributed by atoms with E-state index in [1.807, 2.05) is 6.92 Å². The third-order valence-electron chi connectivity index (χ3n) is 2.69. The first-order valence-corrected chi connectivity index (χ1v) is 5.21. The molecule has 1 unspecified atom stereocenters. The molecule has 0 spiro atoms. The Balaban J connectivity index is 2.36. The summed E-state index contributed by atoms with van der Waals surface area (Å²) < 4.78 is 5.18. The second-order valence-corrected chi connectivity index (χ2v) is 3.90. The summed E-state index contributed by atoms with van der Waals surface area (Å²) in [7, 11) is 0. The SMILES string of the molecule is CCC(C)C(=O)O[C@H]1CN[C@H](C(=O)O)C1. The van der Waals surface area contributed by atoms with Gasteiger partial charge in [0.25, 0.3) is 0 Å². The average molecular weight is 215 g/mol. The highest BCUT2D eigenvalue weighted by Crippen LogP contribution is 2.13. The standard InChI is InChI=1S/C10H17NO4/c1-3-6(2)10(14)15-7-4-8(9(12)13)11-5-7/h6-8,11H,3-5H2,1-2H3,(H,12,13)/t6?,7-,8+/m1/s1. The molecule has 3 atom stereocenters. The molecule has 15 heavy (non-hydrogen) atoms. The zero-order chi connectivity index (χ0) is 11.4. The van der Waals surface area contributed by atoms with Crippen LogP contribution in [0.25, 0.3) is 0 Å². The number of carboxylic acid groups (broad SMARTS) is 1. The molecule has 2 N–H and O–H groups in total. The molecule has 1 fully saturated rings. The molecule has 0 bridgehead atoms. The van der Waals surface area contributed by atoms with E-state index in [9.17, 15) is 9.59 Å². The lowest BCUT2D eigenvalue weighted by atomic mass is 10.1. The summed E-state index contributed by atoms with van der Waals surface area (Å²) in [4.78, 5) is 22.0. The third kappa shape index (κ3) is 3.20. The van der Waals surface area contributed by atoms with Gasteiger partial charge < -0.3 is 15.2 Å². The van der Waals surface area contributed by atoms with Crippen LogP contribution >= 0.6 is 0 Å². The zero-order valence-electron chi connectivity index (χ0n) is 9.03. The lowest BCUT2D eigenvalue weighted by Crippen LogP contribution is -2.30. The van der Waals surface area contributed by atoms with E-state index in [4.69, 9.17) is 9.84 Å². The minimum absolute atomic E-state index is 0.117. The van der Waals surface area contributed by atoms with Gasteiger partial charge in [-0.25, -0.2) is 0 Å². The molecule has 0 aromatic rings. The minimum Gasteiger partial charge on any atom is -0.480 e. The van der Waals surface area contributed by atoms with Crippen LogP contribution < -0.4 is 5.32 Å². The van der Waals surface area contributed by atoms with Crippen molar-refractivity contribution in [2.24, 2.45) is 5.92 Å². The van der Waals surface area contributed by atoms with Gasteiger partial charge in [0.1, 0.15) is 12.1 Å². The van der Waals surface area contributed by atoms with Crippen LogP contribution in [0.15, 0.2) is 0 Å². The Labute approximate surface area is 88.8 Å². The number of aliphatic carboxylic acids is 1. The maximum absolute atomic E-state index is 11.4. The van der Waals surface area contributed by atoms with Crippen molar-refractivity contribution >= 4 is 11.9 Å². The monoisotopic (exact) mass is 215 g/mol. The van der Waals surface area contributed by atoms with E-state index < -0.39 is 12.0 Å². The Hall–Kier alpha value is -1.10. The molecule has 5 nitrogen and oxygen atoms in total. The Bertz CT molecular complexity index is 254. The van der Waals surface area contributed by atoms with Crippen LogP contribution in [0.5, 0.6) is 0 Å². The lowest BCUT2D eigenvalue weighted by molar-refractivity contribution is -0.153. The molecule has 1 rings (SSSR count). The molecule has 0 aliphatic carbocycles. The minimum atomic E-state index is -0.892. The first kappa shape index (κ1) is 12.0. The predicted octanol–water partition coefficient (Wildman–Crippen LogP) is 0.391. The molecular weight excluding hydrogens is 198 g/mol. The van der Waals surface area contributed by atoms with Gasteiger partial charge in [0.05, 0.1) is 5.92 Å². The van der Waals surface area contributed by atoms with Crippen LogP contribution in [-0.4, -0.2) is 35.7 Å². The third-order valence-corrected chi connectivity index (χ3v) is 2.69. The number of carbonyl (C=O) groups excluding carboxylic acids is 1. The van der Waals surface area contributed by atoms with Gasteiger partial charge in [-0.15, -0.1) is 0 Å². The molecule has 1 aliphatic heterocycles. The first-order valence-electron chi connectivity index (χ1n) is 5.21. The lowest BCUT2D eigenvalue weighted by Gasteiger charge is -2.14. The number of nitrogens with one attached hydrogen (secondary N) is 1. The molecule has 86 valence electrons. The van der Waals surface area contributed by atoms with E-state index in [1.165, 1.54) is 0 Å². The molecule has 0 aromatic heterocycles. The maximum atomic E-state index is 11.4. The quantitative estimate of drug-likeness (QED) is 0.663. The number of ether oxygens (including phenoxy) is 1. The van der Waals surface area contributed by atoms with Crippen LogP contribution in [0, 0.1) is 5.92 Å². The van der Waals surface area contributed by atoms with Crippen LogP contribution in [-0.2, 0) is 14.3 Å². The molecule has 0 saturated carbocycles. The number of esters is 1. The summed E-state index contributed by atoms with van der Waals surface area (Å²) in [5, 5.41) is 11.5. The normalized spacial score (nSPS) is 27.3. The topological polar surface area (TPSA) is 75.6 Å². The Morgan fingerprint density at radius 1 is 1.60 bits per heavy atom. The van der Waals surface area contributed by atoms with Crippen molar-refractivity contribution < 1.29 is 19.4 Å². The predicted molar refractivity (Wildman–Crippen MR) is 53.4 cm³/mol. The van der Waals surface area contributed by atoms with E-state index in [-0.39, 0.29) is 18.0 Å². The van der Waals surface area contributed by atoms with Crippen LogP contribution in [0.3, 0.4) is 0 Å². The molecule has 1 saturated heterocycles. The van der Waals surface area contributed by atoms with Gasteiger partial charge in [0, 0.05) is 13.0 Å². The summed E-state index contributed by atoms with van der Waals surface area (Å²) in [6.45, 7) is 4.15. The molecule has 1 aliphatic rings. The Morgan fingerprint density at radius 3 is 2.73 bits per heavy atom. The summed E-state index contributed by atoms with van der Waals surface area (Å²) in [5.74, 6) is -1.25. The van der Waals surface area contributed by atoms with Crippen LogP contribution in [0.4, 0.5) is 0 Å². The average Bonchev–Trinajstić information content (AvgIpc) is 2.65. The number of carbonyl (C=O) groups is 2. The molecule has 0 amide bonds. The largest absolute Gasteiger partial charge is 0.480 e. The Kier molecular flexibility index (Phi) is 4.08. The fourth-order valence-corrected chi connectivity index (χ4v) is 1.43. The van der Waals surface area contributed by atoms with E-state index in [0.29, 0.717) is 13.0 Å². The summed E-state index contributed by atoms with van der Waals surface area (Å²) in [6.07, 6.45) is 0.798. The second-order valence-electron chi connectivity index (χ2n) is 3.90. The van der Waals surface area contributed by atoms with Crippen molar-refractivity contribution in [1.82, 2.24) is 5.32 Å². The van der Waals surface area contributed by atoms with Gasteiger partial charge >= 0.3 is 11.9 Å². The van der Waals surface area contributed by atoms with Gasteiger partial charge in [0.15, 0.2) is 0 Å². The van der Waals surface area contributed by atoms with Crippen molar-refractivity contribution in [3.63, 3.8) is 0 Å². The zero-order valence-corrected chi connectivity index (χ0v) is 9.03. The van der Waals surface area contributed by atoms with Crippen molar-refractivity contribution in [2.75, 3.05) is 6.54 Å². The van der Waals surface area contributed by atoms with Crippen molar-refractivity contribution in [1.29, 1.82) is 0 Å². The van der Waals surface area contributed by atoms with Gasteiger partial charge in [-0.1, -0.05) is 13.8 Å². The molecule has 5 heteroatoms. The second kappa shape index (κ2) is 5.11. The highest BCUT2D eigenvalue weighted by molar-refractivity contribution is 5.75. The first-order chi connectivity index (χ1) is 7.04. The van der Waals surface area contributed by atoms with Crippen LogP contribution in [0.1, 0.15) is 26.7 Å². The van der Waals surface area contributed by atoms with Crippen molar-refractivity contribution in [2.45, 2.75) is 38.8 Å². The molecule has 1 heterocycles. The summed E-state index contributed by atoms with van der Waals surface area (Å²) in [5.41, 5.74) is 0. The van der Waals surface area contributed by atoms with Gasteiger partial charge in [-0.2, -0.15) is 0 Å². The van der Waals surface area contributed by atoms with Gasteiger partial charge in [-0.05, 0) is 6.42 Å². The highest BCUT2D eigenvalue weighted by atomic mass is 16.5. The van der Waals surface area contributed by atoms with Gasteiger partial charge in [-0.3, -0.25) is 9.59 Å². The summed E-state index contributed by atoms with van der Waals surface area (Å²) in [6, 6.07) is -0.584. The highest BCUT2D eigenvalue weighted by Gasteiger charge is 2.32. The number of hydrogen-bond acceptors (Lipinski definition) is 4. The smallest absolute Gasteiger partial charge is 0.320 e. The number of rotatable bonds is 4. The fraction of sp³-hybridized carbons (Fsp3) is 0.800. The van der Waals surface area contributed by atoms with E-state index in [0.717, 1.165) is 6.42 Å².